The minimum Gasteiger partial charge on any atom is -0.396 e. The Morgan fingerprint density at radius 2 is 1.79 bits per heavy atom. The van der Waals surface area contributed by atoms with Crippen molar-refractivity contribution in [1.29, 1.82) is 0 Å². The summed E-state index contributed by atoms with van der Waals surface area (Å²) >= 11 is 0. The molecule has 1 aliphatic carbocycles. The van der Waals surface area contributed by atoms with Crippen LogP contribution in [-0.4, -0.2) is 47.0 Å². The van der Waals surface area contributed by atoms with Crippen LogP contribution in [0.25, 0.3) is 16.7 Å². The van der Waals surface area contributed by atoms with E-state index >= 15 is 0 Å². The van der Waals surface area contributed by atoms with Crippen LogP contribution in [0.5, 0.6) is 0 Å². The fourth-order valence-corrected chi connectivity index (χ4v) is 4.92. The molecule has 1 aliphatic heterocycles. The fourth-order valence-electron chi connectivity index (χ4n) is 4.92. The molecule has 0 bridgehead atoms. The van der Waals surface area contributed by atoms with E-state index in [2.05, 4.69) is 85.5 Å². The molecular formula is C31H37NO2. The molecule has 2 N–H and O–H groups in total. The zero-order valence-electron chi connectivity index (χ0n) is 20.5. The van der Waals surface area contributed by atoms with Crippen LogP contribution in [-0.2, 0) is 0 Å². The van der Waals surface area contributed by atoms with Gasteiger partial charge in [-0.25, -0.2) is 0 Å². The maximum Gasteiger partial charge on any atom is 0.0764 e. The van der Waals surface area contributed by atoms with E-state index in [9.17, 15) is 10.2 Å². The Balaban J connectivity index is 1.75. The summed E-state index contributed by atoms with van der Waals surface area (Å²) in [5.41, 5.74) is 8.41. The maximum atomic E-state index is 10.4. The Bertz CT molecular complexity index is 1070. The number of nitrogens with zero attached hydrogens (tertiary/aromatic N) is 1. The van der Waals surface area contributed by atoms with Gasteiger partial charge >= 0.3 is 0 Å². The number of hydrogen-bond donors (Lipinski definition) is 2. The van der Waals surface area contributed by atoms with Gasteiger partial charge in [0.25, 0.3) is 0 Å². The van der Waals surface area contributed by atoms with E-state index in [0.717, 1.165) is 48.2 Å². The average molecular weight is 456 g/mol. The molecule has 1 atom stereocenters. The van der Waals surface area contributed by atoms with E-state index in [-0.39, 0.29) is 6.61 Å². The monoisotopic (exact) mass is 455 g/mol. The van der Waals surface area contributed by atoms with Gasteiger partial charge < -0.3 is 10.2 Å². The van der Waals surface area contributed by atoms with Crippen LogP contribution >= 0.6 is 0 Å². The minimum atomic E-state index is -0.472. The first-order valence-electron chi connectivity index (χ1n) is 12.6. The maximum absolute atomic E-state index is 10.4. The van der Waals surface area contributed by atoms with Gasteiger partial charge in [-0.05, 0) is 84.6 Å². The van der Waals surface area contributed by atoms with Gasteiger partial charge in [-0.3, -0.25) is 4.90 Å². The fraction of sp³-hybridized carbons (Fsp3) is 0.355. The molecule has 0 radical (unpaired) electrons. The molecule has 2 aromatic carbocycles. The Kier molecular flexibility index (Phi) is 8.34. The van der Waals surface area contributed by atoms with E-state index < -0.39 is 6.10 Å². The second-order valence-corrected chi connectivity index (χ2v) is 9.52. The van der Waals surface area contributed by atoms with E-state index in [4.69, 9.17) is 0 Å². The van der Waals surface area contributed by atoms with Gasteiger partial charge in [-0.2, -0.15) is 0 Å². The first-order valence-corrected chi connectivity index (χ1v) is 12.6. The second kappa shape index (κ2) is 11.6. The molecule has 2 aromatic rings. The number of hydrogen-bond acceptors (Lipinski definition) is 3. The van der Waals surface area contributed by atoms with Gasteiger partial charge in [-0.1, -0.05) is 72.8 Å². The van der Waals surface area contributed by atoms with E-state index in [1.165, 1.54) is 16.7 Å². The van der Waals surface area contributed by atoms with Crippen LogP contribution in [0.3, 0.4) is 0 Å². The number of allylic oxidation sites excluding steroid dienone is 4. The highest BCUT2D eigenvalue weighted by atomic mass is 16.3. The molecule has 0 saturated heterocycles. The standard InChI is InChI=1S/C31H37NO2/c1-23(2)32-19-17-25(18-20-32)24-13-15-27(16-14-24)31(28-10-6-11-29(34)22-28)30(12-7-21-33)26-8-4-3-5-9-26/h3-6,8-10,13-17,22-23,29,33-34H,7,11-12,18-21H2,1-2H3/b31-30+. The third-order valence-electron chi connectivity index (χ3n) is 6.86. The normalized spacial score (nSPS) is 19.6. The predicted molar refractivity (Wildman–Crippen MR) is 143 cm³/mol. The van der Waals surface area contributed by atoms with E-state index in [1.54, 1.807) is 0 Å². The smallest absolute Gasteiger partial charge is 0.0764 e. The van der Waals surface area contributed by atoms with E-state index in [1.807, 2.05) is 12.1 Å². The van der Waals surface area contributed by atoms with Crippen LogP contribution in [0.15, 0.2) is 84.5 Å². The van der Waals surface area contributed by atoms with Crippen molar-refractivity contribution < 1.29 is 10.2 Å². The highest BCUT2D eigenvalue weighted by Gasteiger charge is 2.19. The number of benzene rings is 2. The molecule has 0 saturated carbocycles. The molecule has 0 fully saturated rings. The van der Waals surface area contributed by atoms with Gasteiger partial charge in [0, 0.05) is 25.7 Å². The van der Waals surface area contributed by atoms with Crippen LogP contribution in [0.1, 0.15) is 56.2 Å². The molecule has 1 heterocycles. The molecule has 3 nitrogen and oxygen atoms in total. The van der Waals surface area contributed by atoms with Crippen molar-refractivity contribution in [3.8, 4) is 0 Å². The van der Waals surface area contributed by atoms with Crippen molar-refractivity contribution in [1.82, 2.24) is 4.90 Å². The summed E-state index contributed by atoms with van der Waals surface area (Å²) in [6.45, 7) is 6.78. The Labute approximate surface area is 204 Å². The quantitative estimate of drug-likeness (QED) is 0.472. The van der Waals surface area contributed by atoms with Crippen LogP contribution < -0.4 is 0 Å². The second-order valence-electron chi connectivity index (χ2n) is 9.52. The van der Waals surface area contributed by atoms with Gasteiger partial charge in [0.2, 0.25) is 0 Å². The molecule has 0 spiro atoms. The van der Waals surface area contributed by atoms with Crippen LogP contribution in [0.4, 0.5) is 0 Å². The number of aliphatic hydroxyl groups excluding tert-OH is 2. The lowest BCUT2D eigenvalue weighted by Gasteiger charge is -2.29. The SMILES string of the molecule is CC(C)N1CC=C(c2ccc(/C(C3=CC(O)CC=C3)=C(/CCCO)c3ccccc3)cc2)CC1. The average Bonchev–Trinajstić information content (AvgIpc) is 2.87. The van der Waals surface area contributed by atoms with Crippen molar-refractivity contribution in [2.24, 2.45) is 0 Å². The first-order chi connectivity index (χ1) is 16.6. The molecule has 4 rings (SSSR count). The topological polar surface area (TPSA) is 43.7 Å². The largest absolute Gasteiger partial charge is 0.396 e. The lowest BCUT2D eigenvalue weighted by atomic mass is 9.84. The van der Waals surface area contributed by atoms with Crippen LogP contribution in [0, 0.1) is 0 Å². The predicted octanol–water partition coefficient (Wildman–Crippen LogP) is 6.11. The molecular weight excluding hydrogens is 418 g/mol. The zero-order chi connectivity index (χ0) is 23.9. The summed E-state index contributed by atoms with van der Waals surface area (Å²) in [7, 11) is 0. The third-order valence-corrected chi connectivity index (χ3v) is 6.86. The highest BCUT2D eigenvalue weighted by molar-refractivity contribution is 6.00. The lowest BCUT2D eigenvalue weighted by molar-refractivity contribution is 0.225. The summed E-state index contributed by atoms with van der Waals surface area (Å²) in [5.74, 6) is 0. The van der Waals surface area contributed by atoms with Gasteiger partial charge in [0.1, 0.15) is 0 Å². The molecule has 1 unspecified atom stereocenters. The third kappa shape index (κ3) is 5.85. The molecule has 0 amide bonds. The Morgan fingerprint density at radius 1 is 1.03 bits per heavy atom. The zero-order valence-corrected chi connectivity index (χ0v) is 20.5. The summed E-state index contributed by atoms with van der Waals surface area (Å²) in [5, 5.41) is 20.0. The summed E-state index contributed by atoms with van der Waals surface area (Å²) < 4.78 is 0. The van der Waals surface area contributed by atoms with Crippen molar-refractivity contribution in [3.63, 3.8) is 0 Å². The van der Waals surface area contributed by atoms with Crippen molar-refractivity contribution in [2.75, 3.05) is 19.7 Å². The molecule has 178 valence electrons. The number of aliphatic hydroxyl groups is 2. The summed E-state index contributed by atoms with van der Waals surface area (Å²) in [4.78, 5) is 2.50. The summed E-state index contributed by atoms with van der Waals surface area (Å²) in [6, 6.07) is 19.9. The van der Waals surface area contributed by atoms with Crippen molar-refractivity contribution >= 4 is 16.7 Å². The van der Waals surface area contributed by atoms with E-state index in [0.29, 0.717) is 18.9 Å². The van der Waals surface area contributed by atoms with Gasteiger partial charge in [-0.15, -0.1) is 0 Å². The first kappa shape index (κ1) is 24.4. The molecule has 3 heteroatoms. The molecule has 2 aliphatic rings. The lowest BCUT2D eigenvalue weighted by Crippen LogP contribution is -2.34. The summed E-state index contributed by atoms with van der Waals surface area (Å²) in [6.07, 6.45) is 11.2. The van der Waals surface area contributed by atoms with Gasteiger partial charge in [0.05, 0.1) is 6.10 Å². The van der Waals surface area contributed by atoms with Gasteiger partial charge in [0.15, 0.2) is 0 Å². The highest BCUT2D eigenvalue weighted by Crippen LogP contribution is 2.38. The Morgan fingerprint density at radius 3 is 2.41 bits per heavy atom. The van der Waals surface area contributed by atoms with Crippen LogP contribution in [0.2, 0.25) is 0 Å². The minimum absolute atomic E-state index is 0.154. The Hall–Kier alpha value is -2.72. The van der Waals surface area contributed by atoms with Crippen molar-refractivity contribution in [3.05, 3.63) is 101 Å². The van der Waals surface area contributed by atoms with Crippen molar-refractivity contribution in [2.45, 2.75) is 51.7 Å². The molecule has 34 heavy (non-hydrogen) atoms. The molecule has 0 aromatic heterocycles. The number of rotatable bonds is 8.